The van der Waals surface area contributed by atoms with Gasteiger partial charge in [0, 0.05) is 32.4 Å². The molecule has 0 aromatic heterocycles. The van der Waals surface area contributed by atoms with Crippen molar-refractivity contribution in [2.24, 2.45) is 0 Å². The van der Waals surface area contributed by atoms with E-state index in [1.54, 1.807) is 0 Å². The molecule has 0 bridgehead atoms. The fraction of sp³-hybridized carbons (Fsp3) is 0.867. The van der Waals surface area contributed by atoms with Gasteiger partial charge in [-0.05, 0) is 25.9 Å². The van der Waals surface area contributed by atoms with Gasteiger partial charge in [0.05, 0.1) is 6.67 Å². The molecule has 0 spiro atoms. The van der Waals surface area contributed by atoms with Crippen LogP contribution in [0, 0.1) is 0 Å². The topological polar surface area (TPSA) is 33.8 Å². The van der Waals surface area contributed by atoms with E-state index in [2.05, 4.69) is 59.4 Å². The lowest BCUT2D eigenvalue weighted by Crippen LogP contribution is -2.52. The Labute approximate surface area is 125 Å². The van der Waals surface area contributed by atoms with E-state index in [9.17, 15) is 0 Å². The molecule has 0 amide bonds. The molecule has 0 unspecified atom stereocenters. The molecule has 1 aliphatic heterocycles. The first-order valence-corrected chi connectivity index (χ1v) is 8.17. The van der Waals surface area contributed by atoms with Gasteiger partial charge in [0.1, 0.15) is 5.82 Å². The summed E-state index contributed by atoms with van der Waals surface area (Å²) in [5, 5.41) is 5.81. The van der Waals surface area contributed by atoms with E-state index in [4.69, 9.17) is 0 Å². The predicted octanol–water partition coefficient (Wildman–Crippen LogP) is 1.62. The van der Waals surface area contributed by atoms with Gasteiger partial charge in [-0.15, -0.1) is 0 Å². The van der Waals surface area contributed by atoms with Crippen LogP contribution < -0.4 is 10.7 Å². The number of nitrogens with one attached hydrogen (secondary N) is 2. The van der Waals surface area contributed by atoms with Crippen LogP contribution in [0.1, 0.15) is 40.5 Å². The van der Waals surface area contributed by atoms with Crippen LogP contribution in [0.15, 0.2) is 12.0 Å². The van der Waals surface area contributed by atoms with Crippen molar-refractivity contribution in [1.29, 1.82) is 0 Å². The van der Waals surface area contributed by atoms with Gasteiger partial charge in [0.25, 0.3) is 0 Å². The summed E-state index contributed by atoms with van der Waals surface area (Å²) in [5.41, 5.74) is 3.48. The van der Waals surface area contributed by atoms with Crippen molar-refractivity contribution >= 4 is 0 Å². The Hall–Kier alpha value is -0.940. The quantitative estimate of drug-likeness (QED) is 0.637. The summed E-state index contributed by atoms with van der Waals surface area (Å²) in [7, 11) is 0. The van der Waals surface area contributed by atoms with Gasteiger partial charge < -0.3 is 20.5 Å². The molecule has 0 aliphatic carbocycles. The summed E-state index contributed by atoms with van der Waals surface area (Å²) >= 11 is 0. The smallest absolute Gasteiger partial charge is 0.130 e. The third-order valence-corrected chi connectivity index (χ3v) is 3.58. The van der Waals surface area contributed by atoms with Gasteiger partial charge in [-0.25, -0.2) is 5.01 Å². The average molecular weight is 283 g/mol. The van der Waals surface area contributed by atoms with Gasteiger partial charge in [0.2, 0.25) is 0 Å². The van der Waals surface area contributed by atoms with Crippen LogP contribution in [0.25, 0.3) is 0 Å². The fourth-order valence-corrected chi connectivity index (χ4v) is 2.47. The minimum Gasteiger partial charge on any atom is -0.368 e. The van der Waals surface area contributed by atoms with Crippen LogP contribution in [0.2, 0.25) is 0 Å². The molecule has 5 nitrogen and oxygen atoms in total. The highest BCUT2D eigenvalue weighted by Crippen LogP contribution is 2.05. The second-order valence-corrected chi connectivity index (χ2v) is 5.33. The SMILES string of the molecule is CCCN1C=C(NCCN(CC)CC)NN(CCC)C1. The molecule has 0 aromatic carbocycles. The van der Waals surface area contributed by atoms with Gasteiger partial charge in [0.15, 0.2) is 0 Å². The third kappa shape index (κ3) is 6.01. The zero-order chi connectivity index (χ0) is 14.8. The molecule has 0 atom stereocenters. The Bertz CT molecular complexity index is 275. The summed E-state index contributed by atoms with van der Waals surface area (Å²) < 4.78 is 0. The molecule has 0 radical (unpaired) electrons. The van der Waals surface area contributed by atoms with Crippen molar-refractivity contribution in [3.63, 3.8) is 0 Å². The zero-order valence-corrected chi connectivity index (χ0v) is 13.8. The van der Waals surface area contributed by atoms with Crippen LogP contribution in [-0.2, 0) is 0 Å². The summed E-state index contributed by atoms with van der Waals surface area (Å²) in [6, 6.07) is 0. The zero-order valence-electron chi connectivity index (χ0n) is 13.8. The summed E-state index contributed by atoms with van der Waals surface area (Å²) in [6.07, 6.45) is 4.57. The number of hydrogen-bond acceptors (Lipinski definition) is 5. The first-order chi connectivity index (χ1) is 9.73. The third-order valence-electron chi connectivity index (χ3n) is 3.58. The van der Waals surface area contributed by atoms with E-state index >= 15 is 0 Å². The number of hydrazine groups is 1. The largest absolute Gasteiger partial charge is 0.368 e. The lowest BCUT2D eigenvalue weighted by Gasteiger charge is -2.36. The summed E-state index contributed by atoms with van der Waals surface area (Å²) in [5.74, 6) is 1.13. The van der Waals surface area contributed by atoms with E-state index in [0.717, 1.165) is 51.8 Å². The number of hydrogen-bond donors (Lipinski definition) is 2. The van der Waals surface area contributed by atoms with Crippen molar-refractivity contribution in [2.75, 3.05) is 45.9 Å². The molecule has 5 heteroatoms. The molecule has 0 saturated heterocycles. The first-order valence-electron chi connectivity index (χ1n) is 8.17. The highest BCUT2D eigenvalue weighted by molar-refractivity contribution is 4.99. The maximum Gasteiger partial charge on any atom is 0.130 e. The molecule has 1 rings (SSSR count). The van der Waals surface area contributed by atoms with Gasteiger partial charge >= 0.3 is 0 Å². The van der Waals surface area contributed by atoms with E-state index < -0.39 is 0 Å². The molecule has 20 heavy (non-hydrogen) atoms. The predicted molar refractivity (Wildman–Crippen MR) is 85.9 cm³/mol. The lowest BCUT2D eigenvalue weighted by molar-refractivity contribution is 0.101. The molecule has 0 aromatic rings. The second-order valence-electron chi connectivity index (χ2n) is 5.33. The first kappa shape index (κ1) is 17.1. The van der Waals surface area contributed by atoms with Crippen molar-refractivity contribution < 1.29 is 0 Å². The molecule has 0 fully saturated rings. The van der Waals surface area contributed by atoms with Gasteiger partial charge in [-0.1, -0.05) is 27.7 Å². The number of likely N-dealkylation sites (N-methyl/N-ethyl adjacent to an activating group) is 1. The van der Waals surface area contributed by atoms with E-state index in [1.165, 1.54) is 12.8 Å². The van der Waals surface area contributed by atoms with E-state index in [1.807, 2.05) is 0 Å². The number of rotatable bonds is 10. The minimum atomic E-state index is 0.975. The van der Waals surface area contributed by atoms with Crippen LogP contribution in [-0.4, -0.2) is 60.7 Å². The van der Waals surface area contributed by atoms with Crippen molar-refractivity contribution in [1.82, 2.24) is 25.6 Å². The Kier molecular flexibility index (Phi) is 8.46. The summed E-state index contributed by atoms with van der Waals surface area (Å²) in [4.78, 5) is 4.82. The maximum atomic E-state index is 3.52. The molecule has 1 heterocycles. The van der Waals surface area contributed by atoms with E-state index in [0.29, 0.717) is 0 Å². The lowest BCUT2D eigenvalue weighted by atomic mass is 10.4. The Balaban J connectivity index is 2.44. The molecular weight excluding hydrogens is 250 g/mol. The highest BCUT2D eigenvalue weighted by Gasteiger charge is 2.15. The van der Waals surface area contributed by atoms with Crippen LogP contribution >= 0.6 is 0 Å². The highest BCUT2D eigenvalue weighted by atomic mass is 15.6. The van der Waals surface area contributed by atoms with Crippen molar-refractivity contribution in [3.8, 4) is 0 Å². The van der Waals surface area contributed by atoms with Gasteiger partial charge in [-0.3, -0.25) is 0 Å². The Morgan fingerprint density at radius 2 is 1.85 bits per heavy atom. The summed E-state index contributed by atoms with van der Waals surface area (Å²) in [6.45, 7) is 16.4. The average Bonchev–Trinajstić information content (AvgIpc) is 2.44. The molecule has 118 valence electrons. The standard InChI is InChI=1S/C15H33N5/c1-5-10-19-13-15(17-20(14-19)11-6-2)16-9-12-18(7-3)8-4/h13,16-17H,5-12,14H2,1-4H3. The molecule has 0 saturated carbocycles. The molecule has 1 aliphatic rings. The van der Waals surface area contributed by atoms with Crippen LogP contribution in [0.5, 0.6) is 0 Å². The Morgan fingerprint density at radius 3 is 2.45 bits per heavy atom. The maximum absolute atomic E-state index is 3.52. The van der Waals surface area contributed by atoms with Crippen LogP contribution in [0.4, 0.5) is 0 Å². The fourth-order valence-electron chi connectivity index (χ4n) is 2.47. The van der Waals surface area contributed by atoms with Crippen molar-refractivity contribution in [2.45, 2.75) is 40.5 Å². The van der Waals surface area contributed by atoms with Crippen LogP contribution in [0.3, 0.4) is 0 Å². The molecule has 2 N–H and O–H groups in total. The second kappa shape index (κ2) is 9.88. The Morgan fingerprint density at radius 1 is 1.15 bits per heavy atom. The molecular formula is C15H33N5. The monoisotopic (exact) mass is 283 g/mol. The normalized spacial score (nSPS) is 16.2. The van der Waals surface area contributed by atoms with E-state index in [-0.39, 0.29) is 0 Å². The van der Waals surface area contributed by atoms with Crippen molar-refractivity contribution in [3.05, 3.63) is 12.0 Å². The number of nitrogens with zero attached hydrogens (tertiary/aromatic N) is 3. The van der Waals surface area contributed by atoms with Gasteiger partial charge in [-0.2, -0.15) is 0 Å². The minimum absolute atomic E-state index is 0.975.